The molecule has 26 heavy (non-hydrogen) atoms. The van der Waals surface area contributed by atoms with E-state index in [1.54, 1.807) is 0 Å². The molecule has 0 saturated heterocycles. The van der Waals surface area contributed by atoms with E-state index in [4.69, 9.17) is 20.0 Å². The van der Waals surface area contributed by atoms with Gasteiger partial charge in [0.25, 0.3) is 11.6 Å². The molecule has 2 atom stereocenters. The van der Waals surface area contributed by atoms with Crippen molar-refractivity contribution < 1.29 is 50.0 Å². The van der Waals surface area contributed by atoms with Crippen molar-refractivity contribution in [2.75, 3.05) is 0 Å². The van der Waals surface area contributed by atoms with Gasteiger partial charge in [-0.3, -0.25) is 0 Å². The number of hydrogen-bond acceptors (Lipinski definition) is 8. The van der Waals surface area contributed by atoms with Crippen LogP contribution in [0, 0.1) is 0 Å². The van der Waals surface area contributed by atoms with Gasteiger partial charge < -0.3 is 30.6 Å². The van der Waals surface area contributed by atoms with Crippen molar-refractivity contribution in [2.45, 2.75) is 89.0 Å². The third kappa shape index (κ3) is 7.52. The van der Waals surface area contributed by atoms with Crippen LogP contribution >= 0.6 is 0 Å². The Labute approximate surface area is 151 Å². The van der Waals surface area contributed by atoms with Crippen LogP contribution in [0.4, 0.5) is 0 Å². The van der Waals surface area contributed by atoms with Crippen LogP contribution in [-0.4, -0.2) is 66.4 Å². The lowest BCUT2D eigenvalue weighted by atomic mass is 10.0. The minimum absolute atomic E-state index is 0.105. The van der Waals surface area contributed by atoms with Gasteiger partial charge in [0, 0.05) is 0 Å². The van der Waals surface area contributed by atoms with Crippen LogP contribution < -0.4 is 0 Å². The maximum atomic E-state index is 11.0. The van der Waals surface area contributed by atoms with Gasteiger partial charge in [0.15, 0.2) is 12.2 Å². The van der Waals surface area contributed by atoms with E-state index in [-0.39, 0.29) is 12.8 Å². The average Bonchev–Trinajstić information content (AvgIpc) is 2.55. The Morgan fingerprint density at radius 1 is 0.731 bits per heavy atom. The average molecular weight is 382 g/mol. The molecule has 10 nitrogen and oxygen atoms in total. The Kier molecular flexibility index (Phi) is 10.8. The molecule has 0 spiro atoms. The largest absolute Gasteiger partial charge is 0.477 e. The summed E-state index contributed by atoms with van der Waals surface area (Å²) in [6.07, 6.45) is -0.0400. The van der Waals surface area contributed by atoms with E-state index < -0.39 is 35.7 Å². The van der Waals surface area contributed by atoms with Crippen molar-refractivity contribution >= 4 is 11.9 Å². The van der Waals surface area contributed by atoms with Gasteiger partial charge in [0.2, 0.25) is 0 Å². The van der Waals surface area contributed by atoms with Crippen LogP contribution in [0.5, 0.6) is 0 Å². The number of carboxylic acid groups (broad SMARTS) is 2. The van der Waals surface area contributed by atoms with Crippen molar-refractivity contribution in [3.63, 3.8) is 0 Å². The van der Waals surface area contributed by atoms with Crippen LogP contribution in [0.25, 0.3) is 0 Å². The van der Waals surface area contributed by atoms with Gasteiger partial charge >= 0.3 is 11.9 Å². The quantitative estimate of drug-likeness (QED) is 0.100. The number of carbonyl (C=O) groups is 2. The number of aliphatic carboxylic acids is 2. The molecule has 0 fully saturated rings. The lowest BCUT2D eigenvalue weighted by molar-refractivity contribution is -0.423. The molecule has 0 aromatic carbocycles. The smallest absolute Gasteiger partial charge is 0.367 e. The van der Waals surface area contributed by atoms with Crippen molar-refractivity contribution in [1.29, 1.82) is 0 Å². The first-order chi connectivity index (χ1) is 12.0. The molecule has 0 aromatic heterocycles. The zero-order valence-electron chi connectivity index (χ0n) is 15.1. The highest BCUT2D eigenvalue weighted by Crippen LogP contribution is 2.24. The van der Waals surface area contributed by atoms with Gasteiger partial charge in [0.05, 0.1) is 0 Å². The number of carboxylic acids is 2. The monoisotopic (exact) mass is 382 g/mol. The molecule has 2 unspecified atom stereocenters. The summed E-state index contributed by atoms with van der Waals surface area (Å²) in [4.78, 5) is 31.6. The second-order valence-electron chi connectivity index (χ2n) is 6.22. The van der Waals surface area contributed by atoms with Gasteiger partial charge in [-0.1, -0.05) is 52.4 Å². The van der Waals surface area contributed by atoms with Gasteiger partial charge in [-0.2, -0.15) is 0 Å². The maximum Gasteiger partial charge on any atom is 0.367 e. The van der Waals surface area contributed by atoms with E-state index in [1.807, 2.05) is 13.8 Å². The molecular weight excluding hydrogens is 352 g/mol. The molecule has 0 heterocycles. The fourth-order valence-corrected chi connectivity index (χ4v) is 2.20. The molecule has 0 aliphatic rings. The fourth-order valence-electron chi connectivity index (χ4n) is 2.20. The minimum Gasteiger partial charge on any atom is -0.477 e. The maximum absolute atomic E-state index is 11.0. The summed E-state index contributed by atoms with van der Waals surface area (Å²) >= 11 is 0. The molecular formula is C16H30O10. The number of aliphatic hydroxyl groups is 4. The molecule has 0 aromatic rings. The summed E-state index contributed by atoms with van der Waals surface area (Å²) in [7, 11) is 0. The van der Waals surface area contributed by atoms with E-state index in [0.29, 0.717) is 25.7 Å². The second kappa shape index (κ2) is 11.4. The lowest BCUT2D eigenvalue weighted by Gasteiger charge is -2.31. The van der Waals surface area contributed by atoms with E-state index >= 15 is 0 Å². The zero-order chi connectivity index (χ0) is 20.4. The normalized spacial score (nSPS) is 14.8. The van der Waals surface area contributed by atoms with Crippen LogP contribution in [0.2, 0.25) is 0 Å². The molecule has 0 bridgehead atoms. The van der Waals surface area contributed by atoms with Crippen molar-refractivity contribution in [2.24, 2.45) is 0 Å². The van der Waals surface area contributed by atoms with Crippen LogP contribution in [0.1, 0.15) is 65.2 Å². The first kappa shape index (κ1) is 24.7. The predicted molar refractivity (Wildman–Crippen MR) is 87.6 cm³/mol. The topological polar surface area (TPSA) is 174 Å². The van der Waals surface area contributed by atoms with E-state index in [1.165, 1.54) is 0 Å². The summed E-state index contributed by atoms with van der Waals surface area (Å²) in [6.45, 7) is 3.77. The van der Waals surface area contributed by atoms with Gasteiger partial charge in [-0.25, -0.2) is 19.4 Å². The molecule has 6 N–H and O–H groups in total. The molecule has 0 radical (unpaired) electrons. The lowest BCUT2D eigenvalue weighted by Crippen LogP contribution is -2.54. The second-order valence-corrected chi connectivity index (χ2v) is 6.22. The predicted octanol–water partition coefficient (Wildman–Crippen LogP) is 0.363. The Morgan fingerprint density at radius 3 is 1.27 bits per heavy atom. The van der Waals surface area contributed by atoms with Crippen LogP contribution in [0.3, 0.4) is 0 Å². The highest BCUT2D eigenvalue weighted by Gasteiger charge is 2.48. The first-order valence-corrected chi connectivity index (χ1v) is 8.70. The molecule has 10 heteroatoms. The molecule has 0 aliphatic heterocycles. The van der Waals surface area contributed by atoms with Gasteiger partial charge in [-0.15, -0.1) is 0 Å². The van der Waals surface area contributed by atoms with E-state index in [2.05, 4.69) is 0 Å². The van der Waals surface area contributed by atoms with Crippen molar-refractivity contribution in [3.8, 4) is 0 Å². The van der Waals surface area contributed by atoms with E-state index in [9.17, 15) is 30.0 Å². The SMILES string of the molecule is CCCCCC(OOC(CCCCC)C(O)(O)C(=O)O)C(O)(O)C(=O)O. The standard InChI is InChI=1S/C16H30O10/c1-3-5-7-9-11(15(21,22)13(17)18)25-26-12(10-8-6-4-2)16(23,24)14(19)20/h11-12,21-24H,3-10H2,1-2H3,(H,17,18)(H,19,20). The Morgan fingerprint density at radius 2 is 1.04 bits per heavy atom. The van der Waals surface area contributed by atoms with Crippen LogP contribution in [0.15, 0.2) is 0 Å². The van der Waals surface area contributed by atoms with Gasteiger partial charge in [-0.05, 0) is 12.8 Å². The third-order valence-electron chi connectivity index (χ3n) is 3.96. The van der Waals surface area contributed by atoms with E-state index in [0.717, 1.165) is 12.8 Å². The summed E-state index contributed by atoms with van der Waals surface area (Å²) in [5, 5.41) is 56.7. The minimum atomic E-state index is -3.28. The molecule has 0 saturated carbocycles. The number of rotatable bonds is 15. The van der Waals surface area contributed by atoms with Gasteiger partial charge in [0.1, 0.15) is 0 Å². The molecule has 0 amide bonds. The third-order valence-corrected chi connectivity index (χ3v) is 3.96. The summed E-state index contributed by atoms with van der Waals surface area (Å²) in [6, 6.07) is 0. The highest BCUT2D eigenvalue weighted by atomic mass is 17.2. The van der Waals surface area contributed by atoms with Crippen LogP contribution in [-0.2, 0) is 19.4 Å². The number of hydrogen-bond donors (Lipinski definition) is 6. The Balaban J connectivity index is 5.17. The molecule has 0 aliphatic carbocycles. The van der Waals surface area contributed by atoms with Crippen molar-refractivity contribution in [3.05, 3.63) is 0 Å². The zero-order valence-corrected chi connectivity index (χ0v) is 15.1. The summed E-state index contributed by atoms with van der Waals surface area (Å²) in [5.74, 6) is -10.5. The fraction of sp³-hybridized carbons (Fsp3) is 0.875. The Hall–Kier alpha value is -1.30. The highest BCUT2D eigenvalue weighted by molar-refractivity contribution is 5.76. The summed E-state index contributed by atoms with van der Waals surface area (Å²) < 4.78 is 0. The number of unbranched alkanes of at least 4 members (excludes halogenated alkanes) is 4. The Bertz CT molecular complexity index is 395. The van der Waals surface area contributed by atoms with Crippen molar-refractivity contribution in [1.82, 2.24) is 0 Å². The molecule has 154 valence electrons. The summed E-state index contributed by atoms with van der Waals surface area (Å²) in [5.41, 5.74) is 0. The first-order valence-electron chi connectivity index (χ1n) is 8.70. The molecule has 0 rings (SSSR count).